The standard InChI is InChI=1S/C15H23NO3/c1-5-19-13-7-6-12(10-14(13)18-4)15(17)16-9-8-11(2)3/h6-7,10-11H,5,8-9H2,1-4H3,(H,16,17). The first-order valence-electron chi connectivity index (χ1n) is 6.67. The number of hydrogen-bond acceptors (Lipinski definition) is 3. The van der Waals surface area contributed by atoms with Gasteiger partial charge in [0, 0.05) is 12.1 Å². The summed E-state index contributed by atoms with van der Waals surface area (Å²) in [6.45, 7) is 7.42. The molecular weight excluding hydrogens is 242 g/mol. The van der Waals surface area contributed by atoms with E-state index in [9.17, 15) is 4.79 Å². The summed E-state index contributed by atoms with van der Waals surface area (Å²) in [7, 11) is 1.57. The van der Waals surface area contributed by atoms with Crippen LogP contribution in [0.1, 0.15) is 37.6 Å². The molecule has 0 unspecified atom stereocenters. The fourth-order valence-corrected chi connectivity index (χ4v) is 1.66. The number of rotatable bonds is 7. The average molecular weight is 265 g/mol. The second-order valence-corrected chi connectivity index (χ2v) is 4.74. The minimum atomic E-state index is -0.0815. The summed E-state index contributed by atoms with van der Waals surface area (Å²) in [4.78, 5) is 12.0. The van der Waals surface area contributed by atoms with Crippen LogP contribution in [0.4, 0.5) is 0 Å². The molecule has 0 atom stereocenters. The molecule has 19 heavy (non-hydrogen) atoms. The molecule has 0 heterocycles. The lowest BCUT2D eigenvalue weighted by Gasteiger charge is -2.11. The number of benzene rings is 1. The minimum absolute atomic E-state index is 0.0815. The number of hydrogen-bond donors (Lipinski definition) is 1. The normalized spacial score (nSPS) is 10.4. The van der Waals surface area contributed by atoms with Crippen LogP contribution in [0.25, 0.3) is 0 Å². The van der Waals surface area contributed by atoms with E-state index in [2.05, 4.69) is 19.2 Å². The first kappa shape index (κ1) is 15.3. The quantitative estimate of drug-likeness (QED) is 0.824. The summed E-state index contributed by atoms with van der Waals surface area (Å²) in [6, 6.07) is 5.22. The number of ether oxygens (including phenoxy) is 2. The van der Waals surface area contributed by atoms with Crippen LogP contribution < -0.4 is 14.8 Å². The fraction of sp³-hybridized carbons (Fsp3) is 0.533. The molecule has 0 fully saturated rings. The third-order valence-corrected chi connectivity index (χ3v) is 2.73. The molecule has 0 spiro atoms. The first-order chi connectivity index (χ1) is 9.08. The Morgan fingerprint density at radius 3 is 2.63 bits per heavy atom. The van der Waals surface area contributed by atoms with Gasteiger partial charge in [-0.15, -0.1) is 0 Å². The highest BCUT2D eigenvalue weighted by Gasteiger charge is 2.10. The van der Waals surface area contributed by atoms with E-state index in [4.69, 9.17) is 9.47 Å². The summed E-state index contributed by atoms with van der Waals surface area (Å²) in [5.74, 6) is 1.74. The van der Waals surface area contributed by atoms with Gasteiger partial charge in [-0.2, -0.15) is 0 Å². The maximum atomic E-state index is 12.0. The van der Waals surface area contributed by atoms with Gasteiger partial charge in [-0.05, 0) is 37.5 Å². The average Bonchev–Trinajstić information content (AvgIpc) is 2.39. The van der Waals surface area contributed by atoms with Crippen molar-refractivity contribution in [1.82, 2.24) is 5.32 Å². The Morgan fingerprint density at radius 2 is 2.05 bits per heavy atom. The summed E-state index contributed by atoms with van der Waals surface area (Å²) in [5.41, 5.74) is 0.587. The lowest BCUT2D eigenvalue weighted by molar-refractivity contribution is 0.0951. The van der Waals surface area contributed by atoms with Gasteiger partial charge < -0.3 is 14.8 Å². The van der Waals surface area contributed by atoms with Crippen molar-refractivity contribution in [1.29, 1.82) is 0 Å². The molecule has 0 radical (unpaired) electrons. The van der Waals surface area contributed by atoms with E-state index in [0.717, 1.165) is 6.42 Å². The lowest BCUT2D eigenvalue weighted by atomic mass is 10.1. The molecule has 0 bridgehead atoms. The molecule has 0 aliphatic heterocycles. The van der Waals surface area contributed by atoms with Gasteiger partial charge >= 0.3 is 0 Å². The van der Waals surface area contributed by atoms with E-state index in [1.807, 2.05) is 6.92 Å². The summed E-state index contributed by atoms with van der Waals surface area (Å²) < 4.78 is 10.6. The second kappa shape index (κ2) is 7.67. The Labute approximate surface area is 115 Å². The molecule has 0 aliphatic rings. The van der Waals surface area contributed by atoms with Crippen LogP contribution in [-0.2, 0) is 0 Å². The molecule has 1 aromatic rings. The number of carbonyl (C=O) groups is 1. The second-order valence-electron chi connectivity index (χ2n) is 4.74. The molecule has 0 aliphatic carbocycles. The summed E-state index contributed by atoms with van der Waals surface area (Å²) >= 11 is 0. The number of nitrogens with one attached hydrogen (secondary N) is 1. The van der Waals surface area contributed by atoms with Gasteiger partial charge in [-0.1, -0.05) is 13.8 Å². The SMILES string of the molecule is CCOc1ccc(C(=O)NCCC(C)C)cc1OC. The van der Waals surface area contributed by atoms with Crippen molar-refractivity contribution in [3.05, 3.63) is 23.8 Å². The van der Waals surface area contributed by atoms with E-state index < -0.39 is 0 Å². The Kier molecular flexibility index (Phi) is 6.19. The molecule has 0 aromatic heterocycles. The number of carbonyl (C=O) groups excluding carboxylic acids is 1. The van der Waals surface area contributed by atoms with Gasteiger partial charge in [0.25, 0.3) is 5.91 Å². The molecule has 0 saturated carbocycles. The van der Waals surface area contributed by atoms with Crippen molar-refractivity contribution in [2.24, 2.45) is 5.92 Å². The zero-order valence-electron chi connectivity index (χ0n) is 12.2. The molecule has 1 rings (SSSR count). The van der Waals surface area contributed by atoms with E-state index in [1.165, 1.54) is 0 Å². The molecule has 0 saturated heterocycles. The van der Waals surface area contributed by atoms with Crippen LogP contribution >= 0.6 is 0 Å². The van der Waals surface area contributed by atoms with Crippen LogP contribution in [-0.4, -0.2) is 26.2 Å². The summed E-state index contributed by atoms with van der Waals surface area (Å²) in [5, 5.41) is 2.90. The first-order valence-corrected chi connectivity index (χ1v) is 6.67. The minimum Gasteiger partial charge on any atom is -0.493 e. The zero-order chi connectivity index (χ0) is 14.3. The highest BCUT2D eigenvalue weighted by Crippen LogP contribution is 2.27. The van der Waals surface area contributed by atoms with Gasteiger partial charge in [-0.3, -0.25) is 4.79 Å². The number of amides is 1. The monoisotopic (exact) mass is 265 g/mol. The van der Waals surface area contributed by atoms with E-state index >= 15 is 0 Å². The van der Waals surface area contributed by atoms with E-state index in [0.29, 0.717) is 36.1 Å². The molecule has 106 valence electrons. The molecule has 1 aromatic carbocycles. The van der Waals surface area contributed by atoms with Gasteiger partial charge in [0.15, 0.2) is 11.5 Å². The Hall–Kier alpha value is -1.71. The van der Waals surface area contributed by atoms with Crippen molar-refractivity contribution in [3.63, 3.8) is 0 Å². The van der Waals surface area contributed by atoms with Crippen LogP contribution in [0.5, 0.6) is 11.5 Å². The summed E-state index contributed by atoms with van der Waals surface area (Å²) in [6.07, 6.45) is 0.972. The van der Waals surface area contributed by atoms with Crippen LogP contribution in [0.2, 0.25) is 0 Å². The third-order valence-electron chi connectivity index (χ3n) is 2.73. The fourth-order valence-electron chi connectivity index (χ4n) is 1.66. The molecular formula is C15H23NO3. The topological polar surface area (TPSA) is 47.6 Å². The Morgan fingerprint density at radius 1 is 1.32 bits per heavy atom. The lowest BCUT2D eigenvalue weighted by Crippen LogP contribution is -2.25. The van der Waals surface area contributed by atoms with Gasteiger partial charge in [-0.25, -0.2) is 0 Å². The van der Waals surface area contributed by atoms with Gasteiger partial charge in [0.2, 0.25) is 0 Å². The van der Waals surface area contributed by atoms with Gasteiger partial charge in [0.1, 0.15) is 0 Å². The maximum absolute atomic E-state index is 12.0. The number of methoxy groups -OCH3 is 1. The molecule has 4 heteroatoms. The molecule has 1 N–H and O–H groups in total. The predicted octanol–water partition coefficient (Wildman–Crippen LogP) is 2.87. The highest BCUT2D eigenvalue weighted by atomic mass is 16.5. The molecule has 4 nitrogen and oxygen atoms in total. The highest BCUT2D eigenvalue weighted by molar-refractivity contribution is 5.94. The van der Waals surface area contributed by atoms with Gasteiger partial charge in [0.05, 0.1) is 13.7 Å². The van der Waals surface area contributed by atoms with Crippen molar-refractivity contribution >= 4 is 5.91 Å². The largest absolute Gasteiger partial charge is 0.493 e. The van der Waals surface area contributed by atoms with Crippen LogP contribution in [0.15, 0.2) is 18.2 Å². The van der Waals surface area contributed by atoms with Crippen molar-refractivity contribution in [3.8, 4) is 11.5 Å². The smallest absolute Gasteiger partial charge is 0.251 e. The Bertz CT molecular complexity index is 416. The third kappa shape index (κ3) is 4.81. The van der Waals surface area contributed by atoms with Crippen molar-refractivity contribution in [2.75, 3.05) is 20.3 Å². The molecule has 1 amide bonds. The van der Waals surface area contributed by atoms with Crippen LogP contribution in [0.3, 0.4) is 0 Å². The van der Waals surface area contributed by atoms with E-state index in [-0.39, 0.29) is 5.91 Å². The van der Waals surface area contributed by atoms with Crippen molar-refractivity contribution < 1.29 is 14.3 Å². The van der Waals surface area contributed by atoms with Crippen LogP contribution in [0, 0.1) is 5.92 Å². The zero-order valence-corrected chi connectivity index (χ0v) is 12.2. The Balaban J connectivity index is 2.70. The predicted molar refractivity (Wildman–Crippen MR) is 76.0 cm³/mol. The van der Waals surface area contributed by atoms with Crippen molar-refractivity contribution in [2.45, 2.75) is 27.2 Å². The van der Waals surface area contributed by atoms with E-state index in [1.54, 1.807) is 25.3 Å². The maximum Gasteiger partial charge on any atom is 0.251 e.